The number of hydrogen-bond acceptors (Lipinski definition) is 5. The molecular formula is C10H16N4OS. The summed E-state index contributed by atoms with van der Waals surface area (Å²) in [5.74, 6) is 0.981. The van der Waals surface area contributed by atoms with Crippen LogP contribution in [-0.4, -0.2) is 39.9 Å². The standard InChI is InChI=1S/C10H16N4OS/c1-15-6-5-9-11-12-10-14(9)13-7-3-2-4-8(7)16-10/h7-8,13H,2-6H2,1H3. The third-order valence-electron chi connectivity index (χ3n) is 3.23. The topological polar surface area (TPSA) is 52.0 Å². The van der Waals surface area contributed by atoms with Crippen molar-refractivity contribution >= 4 is 11.8 Å². The van der Waals surface area contributed by atoms with Crippen molar-refractivity contribution < 1.29 is 4.74 Å². The summed E-state index contributed by atoms with van der Waals surface area (Å²) in [6, 6.07) is 0.592. The van der Waals surface area contributed by atoms with Crippen molar-refractivity contribution in [3.63, 3.8) is 0 Å². The maximum atomic E-state index is 5.08. The quantitative estimate of drug-likeness (QED) is 0.855. The number of hydrogen-bond donors (Lipinski definition) is 1. The van der Waals surface area contributed by atoms with Gasteiger partial charge in [-0.25, -0.2) is 4.68 Å². The van der Waals surface area contributed by atoms with Gasteiger partial charge in [0.15, 0.2) is 5.82 Å². The van der Waals surface area contributed by atoms with E-state index < -0.39 is 0 Å². The van der Waals surface area contributed by atoms with Crippen LogP contribution in [0.15, 0.2) is 5.16 Å². The highest BCUT2D eigenvalue weighted by Gasteiger charge is 2.34. The maximum absolute atomic E-state index is 5.08. The number of nitrogens with zero attached hydrogens (tertiary/aromatic N) is 3. The van der Waals surface area contributed by atoms with Gasteiger partial charge >= 0.3 is 0 Å². The predicted octanol–water partition coefficient (Wildman–Crippen LogP) is 1.04. The number of ether oxygens (including phenoxy) is 1. The molecule has 1 saturated carbocycles. The minimum absolute atomic E-state index is 0.592. The molecular weight excluding hydrogens is 224 g/mol. The fraction of sp³-hybridized carbons (Fsp3) is 0.800. The van der Waals surface area contributed by atoms with Crippen LogP contribution in [0.3, 0.4) is 0 Å². The second kappa shape index (κ2) is 4.25. The van der Waals surface area contributed by atoms with Crippen molar-refractivity contribution in [3.05, 3.63) is 5.82 Å². The fourth-order valence-corrected chi connectivity index (χ4v) is 3.65. The van der Waals surface area contributed by atoms with Gasteiger partial charge in [-0.05, 0) is 12.8 Å². The number of methoxy groups -OCH3 is 1. The first-order chi connectivity index (χ1) is 7.88. The van der Waals surface area contributed by atoms with Crippen molar-refractivity contribution in [2.45, 2.75) is 42.1 Å². The number of rotatable bonds is 3. The summed E-state index contributed by atoms with van der Waals surface area (Å²) >= 11 is 1.87. The van der Waals surface area contributed by atoms with Crippen molar-refractivity contribution in [2.24, 2.45) is 0 Å². The van der Waals surface area contributed by atoms with Crippen LogP contribution in [0.4, 0.5) is 0 Å². The minimum Gasteiger partial charge on any atom is -0.384 e. The Bertz CT molecular complexity index is 381. The average molecular weight is 240 g/mol. The minimum atomic E-state index is 0.592. The summed E-state index contributed by atoms with van der Waals surface area (Å²) in [4.78, 5) is 0. The van der Waals surface area contributed by atoms with Gasteiger partial charge in [0.1, 0.15) is 0 Å². The Labute approximate surface area is 98.9 Å². The van der Waals surface area contributed by atoms with Crippen LogP contribution in [0.25, 0.3) is 0 Å². The SMILES string of the molecule is COCCc1nnc2n1NC1CCCC1S2. The number of fused-ring (bicyclic) bond motifs is 2. The van der Waals surface area contributed by atoms with E-state index in [1.54, 1.807) is 7.11 Å². The molecule has 16 heavy (non-hydrogen) atoms. The molecule has 0 radical (unpaired) electrons. The molecule has 1 N–H and O–H groups in total. The third-order valence-corrected chi connectivity index (χ3v) is 4.58. The lowest BCUT2D eigenvalue weighted by atomic mass is 10.3. The second-order valence-electron chi connectivity index (χ2n) is 4.30. The molecule has 1 aliphatic carbocycles. The van der Waals surface area contributed by atoms with Crippen molar-refractivity contribution in [2.75, 3.05) is 19.1 Å². The van der Waals surface area contributed by atoms with E-state index >= 15 is 0 Å². The molecule has 6 heteroatoms. The van der Waals surface area contributed by atoms with Crippen molar-refractivity contribution in [3.8, 4) is 0 Å². The molecule has 0 spiro atoms. The Morgan fingerprint density at radius 3 is 3.31 bits per heavy atom. The Kier molecular flexibility index (Phi) is 2.77. The lowest BCUT2D eigenvalue weighted by Gasteiger charge is -2.28. The molecule has 0 aromatic carbocycles. The molecule has 2 unspecified atom stereocenters. The van der Waals surface area contributed by atoms with E-state index in [9.17, 15) is 0 Å². The van der Waals surface area contributed by atoms with E-state index in [1.165, 1.54) is 19.3 Å². The second-order valence-corrected chi connectivity index (χ2v) is 5.51. The van der Waals surface area contributed by atoms with Gasteiger partial charge in [0.2, 0.25) is 5.16 Å². The summed E-state index contributed by atoms with van der Waals surface area (Å²) < 4.78 is 7.13. The van der Waals surface area contributed by atoms with Crippen molar-refractivity contribution in [1.82, 2.24) is 14.9 Å². The van der Waals surface area contributed by atoms with Crippen molar-refractivity contribution in [1.29, 1.82) is 0 Å². The van der Waals surface area contributed by atoms with Gasteiger partial charge in [-0.1, -0.05) is 18.2 Å². The molecule has 0 bridgehead atoms. The molecule has 88 valence electrons. The monoisotopic (exact) mass is 240 g/mol. The van der Waals surface area contributed by atoms with E-state index in [0.29, 0.717) is 17.9 Å². The van der Waals surface area contributed by atoms with E-state index in [-0.39, 0.29) is 0 Å². The molecule has 1 fully saturated rings. The highest BCUT2D eigenvalue weighted by atomic mass is 32.2. The largest absolute Gasteiger partial charge is 0.384 e. The number of thioether (sulfide) groups is 1. The van der Waals surface area contributed by atoms with Gasteiger partial charge < -0.3 is 10.2 Å². The molecule has 0 amide bonds. The van der Waals surface area contributed by atoms with Gasteiger partial charge in [0.05, 0.1) is 12.6 Å². The smallest absolute Gasteiger partial charge is 0.210 e. The summed E-state index contributed by atoms with van der Waals surface area (Å²) in [7, 11) is 1.71. The van der Waals surface area contributed by atoms with E-state index in [1.807, 2.05) is 11.8 Å². The van der Waals surface area contributed by atoms with Crippen LogP contribution >= 0.6 is 11.8 Å². The Morgan fingerprint density at radius 1 is 1.50 bits per heavy atom. The van der Waals surface area contributed by atoms with Gasteiger partial charge in [-0.3, -0.25) is 0 Å². The maximum Gasteiger partial charge on any atom is 0.210 e. The number of aromatic nitrogens is 3. The van der Waals surface area contributed by atoms with Crippen LogP contribution in [0.2, 0.25) is 0 Å². The van der Waals surface area contributed by atoms with E-state index in [4.69, 9.17) is 4.74 Å². The van der Waals surface area contributed by atoms with Crippen LogP contribution in [0.5, 0.6) is 0 Å². The average Bonchev–Trinajstić information content (AvgIpc) is 2.89. The summed E-state index contributed by atoms with van der Waals surface area (Å²) in [6.07, 6.45) is 4.69. The summed E-state index contributed by atoms with van der Waals surface area (Å²) in [6.45, 7) is 0.693. The number of nitrogens with one attached hydrogen (secondary N) is 1. The third kappa shape index (κ3) is 1.69. The zero-order chi connectivity index (χ0) is 11.0. The molecule has 1 aromatic heterocycles. The summed E-state index contributed by atoms with van der Waals surface area (Å²) in [5, 5.41) is 10.1. The molecule has 3 rings (SSSR count). The van der Waals surface area contributed by atoms with Crippen LogP contribution < -0.4 is 5.43 Å². The van der Waals surface area contributed by atoms with Crippen LogP contribution in [-0.2, 0) is 11.2 Å². The van der Waals surface area contributed by atoms with Gasteiger partial charge in [0, 0.05) is 18.8 Å². The normalized spacial score (nSPS) is 27.3. The Hall–Kier alpha value is -0.750. The lowest BCUT2D eigenvalue weighted by molar-refractivity contribution is 0.199. The van der Waals surface area contributed by atoms with Crippen LogP contribution in [0.1, 0.15) is 25.1 Å². The zero-order valence-corrected chi connectivity index (χ0v) is 10.2. The predicted molar refractivity (Wildman–Crippen MR) is 62.2 cm³/mol. The van der Waals surface area contributed by atoms with Crippen LogP contribution in [0, 0.1) is 0 Å². The highest BCUT2D eigenvalue weighted by Crippen LogP contribution is 2.38. The molecule has 2 aliphatic rings. The first kappa shape index (κ1) is 10.4. The summed E-state index contributed by atoms with van der Waals surface area (Å²) in [5.41, 5.74) is 3.53. The van der Waals surface area contributed by atoms with E-state index in [2.05, 4.69) is 20.3 Å². The molecule has 2 heterocycles. The first-order valence-corrected chi connectivity index (χ1v) is 6.63. The molecule has 2 atom stereocenters. The molecule has 1 aromatic rings. The lowest BCUT2D eigenvalue weighted by Crippen LogP contribution is -2.38. The molecule has 0 saturated heterocycles. The van der Waals surface area contributed by atoms with Gasteiger partial charge in [-0.15, -0.1) is 10.2 Å². The van der Waals surface area contributed by atoms with Gasteiger partial charge in [-0.2, -0.15) is 0 Å². The Balaban J connectivity index is 1.80. The zero-order valence-electron chi connectivity index (χ0n) is 9.35. The fourth-order valence-electron chi connectivity index (χ4n) is 2.38. The first-order valence-electron chi connectivity index (χ1n) is 5.75. The van der Waals surface area contributed by atoms with Gasteiger partial charge in [0.25, 0.3) is 0 Å². The highest BCUT2D eigenvalue weighted by molar-refractivity contribution is 7.99. The molecule has 1 aliphatic heterocycles. The van der Waals surface area contributed by atoms with E-state index in [0.717, 1.165) is 17.4 Å². The molecule has 5 nitrogen and oxygen atoms in total. The Morgan fingerprint density at radius 2 is 2.44 bits per heavy atom.